The van der Waals surface area contributed by atoms with Crippen LogP contribution in [-0.2, 0) is 33.4 Å². The van der Waals surface area contributed by atoms with Crippen LogP contribution in [0.3, 0.4) is 0 Å². The van der Waals surface area contributed by atoms with Crippen molar-refractivity contribution in [3.63, 3.8) is 0 Å². The highest BCUT2D eigenvalue weighted by Gasteiger charge is 2.54. The van der Waals surface area contributed by atoms with Gasteiger partial charge in [0.05, 0.1) is 37.9 Å². The molecule has 0 saturated heterocycles. The number of rotatable bonds is 5. The number of ketones is 1. The topological polar surface area (TPSA) is 96.0 Å². The number of methoxy groups -OCH3 is 2. The molecule has 0 fully saturated rings. The fourth-order valence-electron chi connectivity index (χ4n) is 2.18. The van der Waals surface area contributed by atoms with Gasteiger partial charge in [-0.15, -0.1) is 0 Å². The molecular weight excluding hydrogens is 268 g/mol. The number of carbonyl (C=O) groups excluding carboxylic acids is 4. The van der Waals surface area contributed by atoms with Crippen LogP contribution in [0.15, 0.2) is 11.1 Å². The fourth-order valence-corrected chi connectivity index (χ4v) is 2.18. The van der Waals surface area contributed by atoms with E-state index in [4.69, 9.17) is 4.74 Å². The van der Waals surface area contributed by atoms with Crippen LogP contribution in [0, 0.1) is 11.8 Å². The smallest absolute Gasteiger partial charge is 0.335 e. The van der Waals surface area contributed by atoms with E-state index in [9.17, 15) is 19.2 Å². The van der Waals surface area contributed by atoms with Gasteiger partial charge >= 0.3 is 17.9 Å². The van der Waals surface area contributed by atoms with Gasteiger partial charge in [-0.25, -0.2) is 9.59 Å². The van der Waals surface area contributed by atoms with Crippen molar-refractivity contribution in [2.24, 2.45) is 11.8 Å². The summed E-state index contributed by atoms with van der Waals surface area (Å²) >= 11 is 0. The minimum absolute atomic E-state index is 0.0876. The van der Waals surface area contributed by atoms with E-state index in [2.05, 4.69) is 9.47 Å². The number of hydrogen-bond acceptors (Lipinski definition) is 7. The highest BCUT2D eigenvalue weighted by atomic mass is 16.5. The Hall–Kier alpha value is -2.18. The summed E-state index contributed by atoms with van der Waals surface area (Å²) in [5.74, 6) is -4.98. The molecule has 0 amide bonds. The summed E-state index contributed by atoms with van der Waals surface area (Å²) in [6.07, 6.45) is 0. The Morgan fingerprint density at radius 2 is 1.50 bits per heavy atom. The van der Waals surface area contributed by atoms with E-state index in [1.807, 2.05) is 0 Å². The number of hydrogen-bond donors (Lipinski definition) is 0. The van der Waals surface area contributed by atoms with Gasteiger partial charge in [-0.3, -0.25) is 9.59 Å². The molecule has 2 unspecified atom stereocenters. The van der Waals surface area contributed by atoms with Crippen molar-refractivity contribution in [2.45, 2.75) is 13.8 Å². The third-order valence-electron chi connectivity index (χ3n) is 3.04. The van der Waals surface area contributed by atoms with Gasteiger partial charge < -0.3 is 14.2 Å². The molecule has 0 heterocycles. The van der Waals surface area contributed by atoms with Gasteiger partial charge in [0.2, 0.25) is 0 Å². The molecule has 0 N–H and O–H groups in total. The molecule has 0 aromatic heterocycles. The Bertz CT molecular complexity index is 489. The number of carbonyl (C=O) groups is 4. The zero-order valence-electron chi connectivity index (χ0n) is 11.7. The SMILES string of the molecule is CCOC(=O)C1=C(C(=O)OC)C(C(=O)OC)C1C(C)=O. The van der Waals surface area contributed by atoms with Crippen molar-refractivity contribution in [3.8, 4) is 0 Å². The summed E-state index contributed by atoms with van der Waals surface area (Å²) < 4.78 is 13.9. The minimum Gasteiger partial charge on any atom is -0.469 e. The fraction of sp³-hybridized carbons (Fsp3) is 0.538. The molecule has 7 nitrogen and oxygen atoms in total. The lowest BCUT2D eigenvalue weighted by molar-refractivity contribution is -0.154. The summed E-state index contributed by atoms with van der Waals surface area (Å²) in [6, 6.07) is 0. The number of Topliss-reactive ketones (excluding diaryl/α,β-unsaturated/α-hetero) is 1. The molecule has 0 bridgehead atoms. The molecule has 1 aliphatic carbocycles. The molecule has 0 aromatic carbocycles. The van der Waals surface area contributed by atoms with Crippen molar-refractivity contribution in [2.75, 3.05) is 20.8 Å². The van der Waals surface area contributed by atoms with E-state index >= 15 is 0 Å². The minimum atomic E-state index is -1.12. The maximum absolute atomic E-state index is 11.8. The van der Waals surface area contributed by atoms with Crippen molar-refractivity contribution < 1.29 is 33.4 Å². The van der Waals surface area contributed by atoms with Gasteiger partial charge in [0.1, 0.15) is 11.7 Å². The van der Waals surface area contributed by atoms with Crippen molar-refractivity contribution in [1.82, 2.24) is 0 Å². The molecule has 0 aliphatic heterocycles. The van der Waals surface area contributed by atoms with E-state index < -0.39 is 35.5 Å². The molecule has 2 atom stereocenters. The maximum Gasteiger partial charge on any atom is 0.335 e. The first-order valence-corrected chi connectivity index (χ1v) is 5.98. The average molecular weight is 284 g/mol. The maximum atomic E-state index is 11.8. The largest absolute Gasteiger partial charge is 0.469 e. The van der Waals surface area contributed by atoms with Crippen molar-refractivity contribution in [3.05, 3.63) is 11.1 Å². The highest BCUT2D eigenvalue weighted by Crippen LogP contribution is 2.43. The van der Waals surface area contributed by atoms with Crippen LogP contribution in [-0.4, -0.2) is 44.5 Å². The second-order valence-corrected chi connectivity index (χ2v) is 4.13. The van der Waals surface area contributed by atoms with Crippen LogP contribution in [0.4, 0.5) is 0 Å². The van der Waals surface area contributed by atoms with Gasteiger partial charge in [-0.05, 0) is 13.8 Å². The van der Waals surface area contributed by atoms with Gasteiger partial charge in [0, 0.05) is 0 Å². The number of esters is 3. The van der Waals surface area contributed by atoms with Crippen LogP contribution in [0.2, 0.25) is 0 Å². The molecule has 20 heavy (non-hydrogen) atoms. The third kappa shape index (κ3) is 2.56. The summed E-state index contributed by atoms with van der Waals surface area (Å²) in [5.41, 5.74) is -0.292. The molecule has 7 heteroatoms. The van der Waals surface area contributed by atoms with E-state index in [1.165, 1.54) is 6.92 Å². The lowest BCUT2D eigenvalue weighted by Crippen LogP contribution is -2.47. The third-order valence-corrected chi connectivity index (χ3v) is 3.04. The lowest BCUT2D eigenvalue weighted by Gasteiger charge is -2.35. The summed E-state index contributed by atoms with van der Waals surface area (Å²) in [4.78, 5) is 46.9. The molecule has 0 radical (unpaired) electrons. The van der Waals surface area contributed by atoms with Gasteiger partial charge in [-0.1, -0.05) is 0 Å². The van der Waals surface area contributed by atoms with Gasteiger partial charge in [0.25, 0.3) is 0 Å². The summed E-state index contributed by atoms with van der Waals surface area (Å²) in [7, 11) is 2.25. The molecule has 1 aliphatic rings. The van der Waals surface area contributed by atoms with E-state index in [0.717, 1.165) is 14.2 Å². The van der Waals surface area contributed by atoms with Crippen molar-refractivity contribution in [1.29, 1.82) is 0 Å². The Morgan fingerprint density at radius 1 is 0.950 bits per heavy atom. The van der Waals surface area contributed by atoms with Crippen LogP contribution in [0.5, 0.6) is 0 Å². The predicted octanol–water partition coefficient (Wildman–Crippen LogP) is 0.0271. The van der Waals surface area contributed by atoms with E-state index in [-0.39, 0.29) is 17.8 Å². The zero-order chi connectivity index (χ0) is 15.4. The second-order valence-electron chi connectivity index (χ2n) is 4.13. The van der Waals surface area contributed by atoms with Crippen LogP contribution in [0.25, 0.3) is 0 Å². The lowest BCUT2D eigenvalue weighted by atomic mass is 9.66. The molecule has 0 saturated carbocycles. The van der Waals surface area contributed by atoms with Crippen LogP contribution < -0.4 is 0 Å². The van der Waals surface area contributed by atoms with E-state index in [1.54, 1.807) is 6.92 Å². The van der Waals surface area contributed by atoms with Crippen molar-refractivity contribution >= 4 is 23.7 Å². The Kier molecular flexibility index (Phi) is 5.01. The second kappa shape index (κ2) is 6.31. The molecule has 1 rings (SSSR count). The molecule has 0 aromatic rings. The monoisotopic (exact) mass is 284 g/mol. The Balaban J connectivity index is 3.32. The zero-order valence-corrected chi connectivity index (χ0v) is 11.7. The Labute approximate surface area is 115 Å². The molecule has 0 spiro atoms. The summed E-state index contributed by atoms with van der Waals surface area (Å²) in [5, 5.41) is 0. The number of ether oxygens (including phenoxy) is 3. The van der Waals surface area contributed by atoms with Crippen LogP contribution >= 0.6 is 0 Å². The normalized spacial score (nSPS) is 20.8. The first-order valence-electron chi connectivity index (χ1n) is 5.98. The first kappa shape index (κ1) is 15.9. The van der Waals surface area contributed by atoms with Gasteiger partial charge in [-0.2, -0.15) is 0 Å². The van der Waals surface area contributed by atoms with E-state index in [0.29, 0.717) is 0 Å². The first-order chi connectivity index (χ1) is 9.40. The standard InChI is InChI=1S/C13H16O7/c1-5-20-13(17)9-7(6(2)14)8(11(15)18-3)10(9)12(16)19-4/h7-8H,5H2,1-4H3. The van der Waals surface area contributed by atoms with Gasteiger partial charge in [0.15, 0.2) is 0 Å². The summed E-state index contributed by atoms with van der Waals surface area (Å²) in [6.45, 7) is 2.91. The average Bonchev–Trinajstić information content (AvgIpc) is 2.36. The highest BCUT2D eigenvalue weighted by molar-refractivity contribution is 6.13. The predicted molar refractivity (Wildman–Crippen MR) is 65.4 cm³/mol. The Morgan fingerprint density at radius 3 is 1.90 bits per heavy atom. The molecular formula is C13H16O7. The quantitative estimate of drug-likeness (QED) is 0.519. The van der Waals surface area contributed by atoms with Crippen LogP contribution in [0.1, 0.15) is 13.8 Å². The molecule has 110 valence electrons.